The van der Waals surface area contributed by atoms with Crippen molar-refractivity contribution in [2.24, 2.45) is 0 Å². The van der Waals surface area contributed by atoms with E-state index in [9.17, 15) is 24.6 Å². The largest absolute Gasteiger partial charge is 0.507 e. The van der Waals surface area contributed by atoms with Crippen LogP contribution in [0.5, 0.6) is 11.5 Å². The monoisotopic (exact) mass is 845 g/mol. The topological polar surface area (TPSA) is 190 Å². The van der Waals surface area contributed by atoms with Gasteiger partial charge in [-0.1, -0.05) is 24.3 Å². The number of hydrogen-bond donors (Lipinski definition) is 4. The highest BCUT2D eigenvalue weighted by Gasteiger charge is 2.40. The minimum Gasteiger partial charge on any atom is -0.507 e. The number of amides is 3. The quantitative estimate of drug-likeness (QED) is 0.170. The molecule has 0 spiro atoms. The first-order chi connectivity index (χ1) is 30.0. The fraction of sp³-hybridized carbons (Fsp3) is 0.457. The van der Waals surface area contributed by atoms with E-state index in [1.54, 1.807) is 12.1 Å². The number of carbonyl (C=O) groups is 3. The Labute approximate surface area is 361 Å². The number of carbonyl (C=O) groups excluding carboxylic acids is 3. The van der Waals surface area contributed by atoms with Crippen LogP contribution in [-0.4, -0.2) is 132 Å². The van der Waals surface area contributed by atoms with E-state index < -0.39 is 11.6 Å². The molecular formula is C46H55N9O7. The second kappa shape index (κ2) is 17.3. The number of likely N-dealkylation sites (N-methyl/N-ethyl adjacent to an activating group) is 1. The van der Waals surface area contributed by atoms with E-state index in [0.29, 0.717) is 108 Å². The van der Waals surface area contributed by atoms with Crippen molar-refractivity contribution in [3.8, 4) is 22.8 Å². The summed E-state index contributed by atoms with van der Waals surface area (Å²) in [5.41, 5.74) is 10.2. The van der Waals surface area contributed by atoms with Crippen LogP contribution in [0.4, 0.5) is 28.6 Å². The Morgan fingerprint density at radius 3 is 2.37 bits per heavy atom. The Balaban J connectivity index is 0.762. The molecule has 4 aromatic rings. The van der Waals surface area contributed by atoms with Gasteiger partial charge >= 0.3 is 0 Å². The normalized spacial score (nSPS) is 22.9. The zero-order valence-electron chi connectivity index (χ0n) is 35.1. The van der Waals surface area contributed by atoms with Crippen LogP contribution < -0.4 is 35.4 Å². The lowest BCUT2D eigenvalue weighted by molar-refractivity contribution is -0.139. The van der Waals surface area contributed by atoms with Crippen LogP contribution in [0.2, 0.25) is 0 Å². The predicted molar refractivity (Wildman–Crippen MR) is 235 cm³/mol. The number of para-hydroxylation sites is 1. The first kappa shape index (κ1) is 41.2. The van der Waals surface area contributed by atoms with Crippen molar-refractivity contribution in [3.63, 3.8) is 0 Å². The molecule has 3 aromatic carbocycles. The molecule has 5 saturated heterocycles. The maximum Gasteiger partial charge on any atom is 0.249 e. The molecule has 16 nitrogen and oxygen atoms in total. The highest BCUT2D eigenvalue weighted by atomic mass is 16.5. The Hall–Kier alpha value is -6.13. The number of phenols is 1. The van der Waals surface area contributed by atoms with E-state index in [0.717, 1.165) is 28.5 Å². The van der Waals surface area contributed by atoms with E-state index in [1.165, 1.54) is 0 Å². The number of rotatable bonds is 10. The maximum absolute atomic E-state index is 13.6. The molecule has 5 aliphatic rings. The Morgan fingerprint density at radius 1 is 0.903 bits per heavy atom. The molecular weight excluding hydrogens is 791 g/mol. The third-order valence-corrected chi connectivity index (χ3v) is 13.3. The molecule has 6 heterocycles. The molecule has 0 radical (unpaired) electrons. The second-order valence-electron chi connectivity index (χ2n) is 17.4. The predicted octanol–water partition coefficient (Wildman–Crippen LogP) is 3.56. The third kappa shape index (κ3) is 8.66. The van der Waals surface area contributed by atoms with Gasteiger partial charge in [0.2, 0.25) is 17.7 Å². The van der Waals surface area contributed by atoms with E-state index >= 15 is 0 Å². The van der Waals surface area contributed by atoms with Crippen molar-refractivity contribution in [2.45, 2.75) is 74.8 Å². The zero-order valence-corrected chi connectivity index (χ0v) is 35.1. The Kier molecular flexibility index (Phi) is 11.5. The van der Waals surface area contributed by atoms with Crippen molar-refractivity contribution in [3.05, 3.63) is 78.9 Å². The molecule has 5 aliphatic heterocycles. The van der Waals surface area contributed by atoms with E-state index in [-0.39, 0.29) is 48.1 Å². The first-order valence-electron chi connectivity index (χ1n) is 21.7. The molecule has 1 unspecified atom stereocenters. The number of aromatic nitrogens is 2. The summed E-state index contributed by atoms with van der Waals surface area (Å²) >= 11 is 0. The van der Waals surface area contributed by atoms with Crippen LogP contribution in [0.1, 0.15) is 44.9 Å². The molecule has 1 aromatic heterocycles. The number of likely N-dealkylation sites (tertiary alicyclic amines) is 1. The molecule has 16 heteroatoms. The molecule has 62 heavy (non-hydrogen) atoms. The number of anilines is 5. The molecule has 326 valence electrons. The first-order valence-corrected chi connectivity index (χ1v) is 21.7. The zero-order chi connectivity index (χ0) is 43.0. The highest BCUT2D eigenvalue weighted by molar-refractivity contribution is 6.01. The number of hydrogen-bond acceptors (Lipinski definition) is 14. The standard InChI is InChI=1S/C46H55N9O7/c1-51(39-12-13-42(57)48-45(39)59)30-6-4-7-31(22-30)52-20-16-46(60,17-21-52)25-43(58)53-18-14-35(15-19-53)62-36-9-5-8-32(23-36)55-33-26-54(27-34(55)29-61-28-33)40-24-38(49-50-44(40)47)37-10-2-3-11-41(37)56/h2-11,22-24,33-35,39,56,60H,12-21,25-29H2,1H3,(H2,47,50)(H,48,57,59)/t33-,34+,39?. The molecule has 5 N–H and O–H groups in total. The summed E-state index contributed by atoms with van der Waals surface area (Å²) < 4.78 is 12.6. The summed E-state index contributed by atoms with van der Waals surface area (Å²) in [4.78, 5) is 48.4. The Bertz CT molecular complexity index is 2280. The third-order valence-electron chi connectivity index (χ3n) is 13.3. The van der Waals surface area contributed by atoms with E-state index in [2.05, 4.69) is 42.3 Å². The number of morpholine rings is 1. The summed E-state index contributed by atoms with van der Waals surface area (Å²) in [5.74, 6) is 0.726. The minimum atomic E-state index is -1.08. The number of ether oxygens (including phenoxy) is 2. The van der Waals surface area contributed by atoms with E-state index in [1.807, 2.05) is 71.4 Å². The molecule has 3 amide bonds. The van der Waals surface area contributed by atoms with Crippen LogP contribution in [0, 0.1) is 0 Å². The summed E-state index contributed by atoms with van der Waals surface area (Å²) in [5, 5.41) is 33.0. The molecule has 5 fully saturated rings. The van der Waals surface area contributed by atoms with Gasteiger partial charge < -0.3 is 49.9 Å². The van der Waals surface area contributed by atoms with Crippen LogP contribution in [0.3, 0.4) is 0 Å². The van der Waals surface area contributed by atoms with Crippen LogP contribution in [-0.2, 0) is 19.1 Å². The number of aliphatic hydroxyl groups is 1. The Morgan fingerprint density at radius 2 is 1.63 bits per heavy atom. The number of aromatic hydroxyl groups is 1. The summed E-state index contributed by atoms with van der Waals surface area (Å²) in [6, 6.07) is 24.9. The van der Waals surface area contributed by atoms with Crippen molar-refractivity contribution in [2.75, 3.05) is 84.9 Å². The number of phenolic OH excluding ortho intramolecular Hbond substituents is 1. The number of nitrogens with one attached hydrogen (secondary N) is 1. The number of piperidine rings is 3. The molecule has 9 rings (SSSR count). The highest BCUT2D eigenvalue weighted by Crippen LogP contribution is 2.37. The van der Waals surface area contributed by atoms with Gasteiger partial charge in [0.1, 0.15) is 23.6 Å². The number of fused-ring (bicyclic) bond motifs is 2. The van der Waals surface area contributed by atoms with Gasteiger partial charge in [-0.3, -0.25) is 19.7 Å². The lowest BCUT2D eigenvalue weighted by Crippen LogP contribution is -2.65. The summed E-state index contributed by atoms with van der Waals surface area (Å²) in [7, 11) is 1.87. The van der Waals surface area contributed by atoms with Gasteiger partial charge in [-0.05, 0) is 67.8 Å². The number of nitrogens with zero attached hydrogens (tertiary/aromatic N) is 7. The van der Waals surface area contributed by atoms with Gasteiger partial charge in [0.15, 0.2) is 5.82 Å². The van der Waals surface area contributed by atoms with Crippen LogP contribution in [0.25, 0.3) is 11.3 Å². The van der Waals surface area contributed by atoms with Gasteiger partial charge in [-0.25, -0.2) is 0 Å². The SMILES string of the molecule is CN(c1cccc(N2CCC(O)(CC(=O)N3CCC(Oc4cccc(N5[C@@H]6COC[C@H]5CN(c5cc(-c7ccccc7O)nnc5N)C6)c4)CC3)CC2)c1)C1CCC(=O)NC1=O. The van der Waals surface area contributed by atoms with Gasteiger partial charge in [0.25, 0.3) is 0 Å². The van der Waals surface area contributed by atoms with E-state index in [4.69, 9.17) is 15.2 Å². The number of piperazine rings is 1. The maximum atomic E-state index is 13.6. The van der Waals surface area contributed by atoms with Gasteiger partial charge in [0, 0.05) is 94.3 Å². The van der Waals surface area contributed by atoms with Gasteiger partial charge in [-0.2, -0.15) is 0 Å². The molecule has 3 atom stereocenters. The molecule has 0 saturated carbocycles. The van der Waals surface area contributed by atoms with Crippen molar-refractivity contribution in [1.29, 1.82) is 0 Å². The van der Waals surface area contributed by atoms with Crippen LogP contribution >= 0.6 is 0 Å². The molecule has 2 bridgehead atoms. The van der Waals surface area contributed by atoms with Gasteiger partial charge in [-0.15, -0.1) is 10.2 Å². The lowest BCUT2D eigenvalue weighted by atomic mass is 9.87. The second-order valence-corrected chi connectivity index (χ2v) is 17.4. The fourth-order valence-corrected chi connectivity index (χ4v) is 9.77. The average molecular weight is 846 g/mol. The lowest BCUT2D eigenvalue weighted by Gasteiger charge is -2.51. The summed E-state index contributed by atoms with van der Waals surface area (Å²) in [6.45, 7) is 4.79. The summed E-state index contributed by atoms with van der Waals surface area (Å²) in [6.07, 6.45) is 3.20. The average Bonchev–Trinajstić information content (AvgIpc) is 3.27. The minimum absolute atomic E-state index is 0.0269. The number of nitrogen functional groups attached to an aromatic ring is 1. The van der Waals surface area contributed by atoms with Crippen LogP contribution in [0.15, 0.2) is 78.9 Å². The van der Waals surface area contributed by atoms with Crippen molar-refractivity contribution >= 4 is 46.3 Å². The van der Waals surface area contributed by atoms with Gasteiger partial charge in [0.05, 0.1) is 48.7 Å². The van der Waals surface area contributed by atoms with Crippen molar-refractivity contribution in [1.82, 2.24) is 20.4 Å². The fourth-order valence-electron chi connectivity index (χ4n) is 9.77. The number of nitrogens with two attached hydrogens (primary N) is 1. The van der Waals surface area contributed by atoms with Crippen molar-refractivity contribution < 1.29 is 34.1 Å². The molecule has 0 aliphatic carbocycles. The number of imide groups is 1. The smallest absolute Gasteiger partial charge is 0.249 e. The number of benzene rings is 3.